The van der Waals surface area contributed by atoms with Crippen molar-refractivity contribution in [2.24, 2.45) is 0 Å². The van der Waals surface area contributed by atoms with E-state index in [2.05, 4.69) is 68.6 Å². The Balaban J connectivity index is 1.90. The molecular formula is C19H25NS. The van der Waals surface area contributed by atoms with Crippen molar-refractivity contribution >= 4 is 11.3 Å². The first-order chi connectivity index (χ1) is 10.1. The fraction of sp³-hybridized carbons (Fsp3) is 0.474. The van der Waals surface area contributed by atoms with Crippen LogP contribution >= 0.6 is 11.3 Å². The van der Waals surface area contributed by atoms with Crippen LogP contribution in [0.25, 0.3) is 0 Å². The average molecular weight is 299 g/mol. The van der Waals surface area contributed by atoms with E-state index in [0.29, 0.717) is 11.8 Å². The number of hydrogen-bond acceptors (Lipinski definition) is 2. The summed E-state index contributed by atoms with van der Waals surface area (Å²) in [5.41, 5.74) is 1.73. The van der Waals surface area contributed by atoms with Gasteiger partial charge in [-0.05, 0) is 36.1 Å². The first kappa shape index (κ1) is 14.8. The van der Waals surface area contributed by atoms with Crippen LogP contribution in [0.3, 0.4) is 0 Å². The molecule has 0 spiro atoms. The lowest BCUT2D eigenvalue weighted by molar-refractivity contribution is 0.408. The molecule has 2 unspecified atom stereocenters. The van der Waals surface area contributed by atoms with Crippen molar-refractivity contribution in [2.75, 3.05) is 13.1 Å². The van der Waals surface area contributed by atoms with Gasteiger partial charge in [-0.2, -0.15) is 0 Å². The van der Waals surface area contributed by atoms with Gasteiger partial charge in [-0.25, -0.2) is 0 Å². The summed E-state index contributed by atoms with van der Waals surface area (Å²) in [5, 5.41) is 3.57. The highest BCUT2D eigenvalue weighted by Crippen LogP contribution is 2.42. The number of nitrogens with one attached hydrogen (secondary N) is 1. The van der Waals surface area contributed by atoms with Crippen molar-refractivity contribution in [3.8, 4) is 0 Å². The van der Waals surface area contributed by atoms with Gasteiger partial charge in [0.05, 0.1) is 0 Å². The molecule has 0 saturated carbocycles. The SMILES string of the molecule is CC(C)(C)c1ccc(C2CCNCC2c2ccccc2)s1. The minimum absolute atomic E-state index is 0.262. The van der Waals surface area contributed by atoms with Crippen LogP contribution in [0.1, 0.15) is 54.3 Å². The Bertz CT molecular complexity index is 579. The molecule has 2 heteroatoms. The van der Waals surface area contributed by atoms with E-state index in [1.165, 1.54) is 16.9 Å². The molecule has 0 amide bonds. The fourth-order valence-electron chi connectivity index (χ4n) is 3.20. The zero-order chi connectivity index (χ0) is 14.9. The summed E-state index contributed by atoms with van der Waals surface area (Å²) < 4.78 is 0. The Labute approximate surface area is 132 Å². The van der Waals surface area contributed by atoms with Crippen molar-refractivity contribution in [3.05, 3.63) is 57.8 Å². The lowest BCUT2D eigenvalue weighted by Crippen LogP contribution is -2.33. The molecule has 1 aromatic heterocycles. The monoisotopic (exact) mass is 299 g/mol. The average Bonchev–Trinajstić information content (AvgIpc) is 2.98. The van der Waals surface area contributed by atoms with Crippen molar-refractivity contribution in [1.29, 1.82) is 0 Å². The molecule has 1 aliphatic heterocycles. The van der Waals surface area contributed by atoms with E-state index >= 15 is 0 Å². The molecule has 1 saturated heterocycles. The molecule has 1 aromatic carbocycles. The van der Waals surface area contributed by atoms with E-state index < -0.39 is 0 Å². The van der Waals surface area contributed by atoms with Crippen LogP contribution in [-0.2, 0) is 5.41 Å². The van der Waals surface area contributed by atoms with Crippen molar-refractivity contribution in [1.82, 2.24) is 5.32 Å². The van der Waals surface area contributed by atoms with Gasteiger partial charge in [-0.1, -0.05) is 51.1 Å². The standard InChI is InChI=1S/C19H25NS/c1-19(2,3)18-10-9-17(21-18)15-11-12-20-13-16(15)14-7-5-4-6-8-14/h4-10,15-16,20H,11-13H2,1-3H3. The van der Waals surface area contributed by atoms with Gasteiger partial charge in [-0.15, -0.1) is 11.3 Å². The second-order valence-corrected chi connectivity index (χ2v) is 8.18. The highest BCUT2D eigenvalue weighted by Gasteiger charge is 2.29. The highest BCUT2D eigenvalue weighted by molar-refractivity contribution is 7.12. The Morgan fingerprint density at radius 1 is 1.00 bits per heavy atom. The zero-order valence-corrected chi connectivity index (χ0v) is 14.0. The Morgan fingerprint density at radius 3 is 2.43 bits per heavy atom. The topological polar surface area (TPSA) is 12.0 Å². The van der Waals surface area contributed by atoms with E-state index in [9.17, 15) is 0 Å². The summed E-state index contributed by atoms with van der Waals surface area (Å²) in [4.78, 5) is 3.07. The molecule has 21 heavy (non-hydrogen) atoms. The zero-order valence-electron chi connectivity index (χ0n) is 13.2. The third-order valence-electron chi connectivity index (χ3n) is 4.44. The quantitative estimate of drug-likeness (QED) is 0.831. The van der Waals surface area contributed by atoms with Gasteiger partial charge in [0.15, 0.2) is 0 Å². The van der Waals surface area contributed by atoms with Gasteiger partial charge in [-0.3, -0.25) is 0 Å². The number of thiophene rings is 1. The minimum atomic E-state index is 0.262. The number of rotatable bonds is 2. The van der Waals surface area contributed by atoms with Crippen LogP contribution in [0, 0.1) is 0 Å². The molecule has 0 radical (unpaired) electrons. The maximum atomic E-state index is 3.57. The van der Waals surface area contributed by atoms with Crippen LogP contribution in [0.5, 0.6) is 0 Å². The van der Waals surface area contributed by atoms with Crippen molar-refractivity contribution < 1.29 is 0 Å². The summed E-state index contributed by atoms with van der Waals surface area (Å²) in [7, 11) is 0. The van der Waals surface area contributed by atoms with Gasteiger partial charge in [0, 0.05) is 28.1 Å². The first-order valence-electron chi connectivity index (χ1n) is 7.91. The predicted molar refractivity (Wildman–Crippen MR) is 92.4 cm³/mol. The molecule has 1 aliphatic rings. The largest absolute Gasteiger partial charge is 0.316 e. The molecule has 3 rings (SSSR count). The molecule has 2 heterocycles. The molecule has 1 N–H and O–H groups in total. The predicted octanol–water partition coefficient (Wildman–Crippen LogP) is 4.91. The van der Waals surface area contributed by atoms with Gasteiger partial charge >= 0.3 is 0 Å². The normalized spacial score (nSPS) is 23.2. The van der Waals surface area contributed by atoms with E-state index in [-0.39, 0.29) is 5.41 Å². The first-order valence-corrected chi connectivity index (χ1v) is 8.73. The molecule has 2 atom stereocenters. The van der Waals surface area contributed by atoms with Gasteiger partial charge in [0.25, 0.3) is 0 Å². The van der Waals surface area contributed by atoms with Crippen LogP contribution in [0.2, 0.25) is 0 Å². The Hall–Kier alpha value is -1.12. The highest BCUT2D eigenvalue weighted by atomic mass is 32.1. The molecule has 112 valence electrons. The second kappa shape index (κ2) is 5.94. The lowest BCUT2D eigenvalue weighted by atomic mass is 9.80. The Kier molecular flexibility index (Phi) is 4.19. The van der Waals surface area contributed by atoms with E-state index in [4.69, 9.17) is 0 Å². The molecule has 1 nitrogen and oxygen atoms in total. The maximum absolute atomic E-state index is 3.57. The molecule has 1 fully saturated rings. The van der Waals surface area contributed by atoms with Crippen molar-refractivity contribution in [3.63, 3.8) is 0 Å². The molecular weight excluding hydrogens is 274 g/mol. The second-order valence-electron chi connectivity index (χ2n) is 7.07. The van der Waals surface area contributed by atoms with E-state index in [1.807, 2.05) is 11.3 Å². The van der Waals surface area contributed by atoms with Crippen LogP contribution in [0.15, 0.2) is 42.5 Å². The number of benzene rings is 1. The summed E-state index contributed by atoms with van der Waals surface area (Å²) in [6, 6.07) is 15.7. The fourth-order valence-corrected chi connectivity index (χ4v) is 4.47. The van der Waals surface area contributed by atoms with Gasteiger partial charge in [0.2, 0.25) is 0 Å². The van der Waals surface area contributed by atoms with E-state index in [1.54, 1.807) is 4.88 Å². The van der Waals surface area contributed by atoms with Gasteiger partial charge < -0.3 is 5.32 Å². The lowest BCUT2D eigenvalue weighted by Gasteiger charge is -2.32. The summed E-state index contributed by atoms with van der Waals surface area (Å²) in [6.07, 6.45) is 1.24. The number of hydrogen-bond donors (Lipinski definition) is 1. The van der Waals surface area contributed by atoms with Gasteiger partial charge in [0.1, 0.15) is 0 Å². The molecule has 0 bridgehead atoms. The van der Waals surface area contributed by atoms with Crippen molar-refractivity contribution in [2.45, 2.75) is 44.4 Å². The van der Waals surface area contributed by atoms with Crippen LogP contribution in [0.4, 0.5) is 0 Å². The third-order valence-corrected chi connectivity index (χ3v) is 6.08. The summed E-state index contributed by atoms with van der Waals surface area (Å²) in [5.74, 6) is 1.26. The number of piperidine rings is 1. The van der Waals surface area contributed by atoms with Crippen LogP contribution < -0.4 is 5.32 Å². The smallest absolute Gasteiger partial charge is 0.0102 e. The molecule has 2 aromatic rings. The maximum Gasteiger partial charge on any atom is 0.0102 e. The van der Waals surface area contributed by atoms with Crippen LogP contribution in [-0.4, -0.2) is 13.1 Å². The summed E-state index contributed by atoms with van der Waals surface area (Å²) >= 11 is 2.02. The van der Waals surface area contributed by atoms with E-state index in [0.717, 1.165) is 13.1 Å². The molecule has 0 aliphatic carbocycles. The third kappa shape index (κ3) is 3.22. The minimum Gasteiger partial charge on any atom is -0.316 e. The Morgan fingerprint density at radius 2 is 1.76 bits per heavy atom. The summed E-state index contributed by atoms with van der Waals surface area (Å²) in [6.45, 7) is 9.15.